The van der Waals surface area contributed by atoms with Crippen LogP contribution in [0.2, 0.25) is 0 Å². The van der Waals surface area contributed by atoms with Crippen molar-refractivity contribution in [3.63, 3.8) is 0 Å². The molecule has 0 bridgehead atoms. The summed E-state index contributed by atoms with van der Waals surface area (Å²) < 4.78 is 14.9. The summed E-state index contributed by atoms with van der Waals surface area (Å²) >= 11 is 0. The summed E-state index contributed by atoms with van der Waals surface area (Å²) in [5.74, 6) is -1.63. The first-order valence-electron chi connectivity index (χ1n) is 8.71. The second-order valence-electron chi connectivity index (χ2n) is 6.46. The first-order chi connectivity index (χ1) is 13.2. The van der Waals surface area contributed by atoms with E-state index in [9.17, 15) is 30.0 Å². The highest BCUT2D eigenvalue weighted by Gasteiger charge is 2.51. The topological polar surface area (TPSA) is 143 Å². The van der Waals surface area contributed by atoms with Crippen LogP contribution in [-0.4, -0.2) is 70.0 Å². The van der Waals surface area contributed by atoms with Gasteiger partial charge in [-0.15, -0.1) is 0 Å². The maximum Gasteiger partial charge on any atom is 0.338 e. The van der Waals surface area contributed by atoms with Gasteiger partial charge in [-0.3, -0.25) is 0 Å². The lowest BCUT2D eigenvalue weighted by Gasteiger charge is -2.39. The lowest BCUT2D eigenvalue weighted by molar-refractivity contribution is -0.199. The van der Waals surface area contributed by atoms with Crippen molar-refractivity contribution in [1.82, 2.24) is 0 Å². The summed E-state index contributed by atoms with van der Waals surface area (Å²) in [6.45, 7) is 1.60. The SMILES string of the molecule is CCOC(=O)[C@]1(O)C[C@@H](O)[C@H](O)[C@H](OC(=O)C=Cc2ccc(O)c(OC)c2)C1. The number of phenols is 1. The number of methoxy groups -OCH3 is 1. The fourth-order valence-corrected chi connectivity index (χ4v) is 2.95. The second kappa shape index (κ2) is 9.05. The first kappa shape index (κ1) is 21.7. The van der Waals surface area contributed by atoms with Crippen molar-refractivity contribution in [2.45, 2.75) is 43.7 Å². The van der Waals surface area contributed by atoms with Crippen molar-refractivity contribution < 1.29 is 44.2 Å². The van der Waals surface area contributed by atoms with E-state index in [4.69, 9.17) is 14.2 Å². The van der Waals surface area contributed by atoms with Crippen LogP contribution in [0.1, 0.15) is 25.3 Å². The van der Waals surface area contributed by atoms with E-state index in [2.05, 4.69) is 0 Å². The molecule has 1 aromatic carbocycles. The Morgan fingerprint density at radius 2 is 2.00 bits per heavy atom. The molecule has 9 heteroatoms. The minimum atomic E-state index is -2.06. The van der Waals surface area contributed by atoms with E-state index >= 15 is 0 Å². The number of carbonyl (C=O) groups excluding carboxylic acids is 2. The molecule has 4 atom stereocenters. The number of aliphatic hydroxyl groups excluding tert-OH is 2. The number of phenolic OH excluding ortho intramolecular Hbond substituents is 1. The molecular weight excluding hydrogens is 372 g/mol. The molecule has 0 heterocycles. The van der Waals surface area contributed by atoms with Crippen LogP contribution in [0.25, 0.3) is 6.08 Å². The van der Waals surface area contributed by atoms with Gasteiger partial charge < -0.3 is 34.6 Å². The Morgan fingerprint density at radius 3 is 2.64 bits per heavy atom. The van der Waals surface area contributed by atoms with Gasteiger partial charge in [-0.1, -0.05) is 6.07 Å². The van der Waals surface area contributed by atoms with Crippen molar-refractivity contribution in [2.75, 3.05) is 13.7 Å². The quantitative estimate of drug-likeness (QED) is 0.390. The average Bonchev–Trinajstić information content (AvgIpc) is 2.65. The number of hydrogen-bond donors (Lipinski definition) is 4. The summed E-state index contributed by atoms with van der Waals surface area (Å²) in [6, 6.07) is 4.43. The minimum absolute atomic E-state index is 0.0308. The maximum absolute atomic E-state index is 12.1. The number of carbonyl (C=O) groups is 2. The number of rotatable bonds is 6. The molecular formula is C19H24O9. The maximum atomic E-state index is 12.1. The largest absolute Gasteiger partial charge is 0.504 e. The van der Waals surface area contributed by atoms with Crippen molar-refractivity contribution >= 4 is 18.0 Å². The molecule has 0 saturated heterocycles. The smallest absolute Gasteiger partial charge is 0.338 e. The Balaban J connectivity index is 2.07. The van der Waals surface area contributed by atoms with Gasteiger partial charge in [-0.25, -0.2) is 9.59 Å². The van der Waals surface area contributed by atoms with Crippen molar-refractivity contribution in [3.05, 3.63) is 29.8 Å². The number of benzene rings is 1. The highest BCUT2D eigenvalue weighted by atomic mass is 16.6. The molecule has 0 unspecified atom stereocenters. The highest BCUT2D eigenvalue weighted by Crippen LogP contribution is 2.32. The summed E-state index contributed by atoms with van der Waals surface area (Å²) in [5.41, 5.74) is -1.52. The van der Waals surface area contributed by atoms with Crippen LogP contribution in [0.15, 0.2) is 24.3 Å². The highest BCUT2D eigenvalue weighted by molar-refractivity contribution is 5.87. The zero-order chi connectivity index (χ0) is 20.9. The van der Waals surface area contributed by atoms with Gasteiger partial charge in [0.15, 0.2) is 17.1 Å². The molecule has 0 aromatic heterocycles. The van der Waals surface area contributed by atoms with E-state index < -0.39 is 48.7 Å². The third-order valence-electron chi connectivity index (χ3n) is 4.40. The number of esters is 2. The second-order valence-corrected chi connectivity index (χ2v) is 6.46. The molecule has 1 fully saturated rings. The van der Waals surface area contributed by atoms with E-state index in [-0.39, 0.29) is 18.1 Å². The van der Waals surface area contributed by atoms with Crippen LogP contribution < -0.4 is 4.74 Å². The van der Waals surface area contributed by atoms with Gasteiger partial charge in [0.05, 0.1) is 19.8 Å². The van der Waals surface area contributed by atoms with Gasteiger partial charge in [0, 0.05) is 18.9 Å². The molecule has 1 aliphatic carbocycles. The van der Waals surface area contributed by atoms with Gasteiger partial charge in [-0.2, -0.15) is 0 Å². The predicted molar refractivity (Wildman–Crippen MR) is 96.4 cm³/mol. The molecule has 0 amide bonds. The van der Waals surface area contributed by atoms with Crippen LogP contribution in [0, 0.1) is 0 Å². The van der Waals surface area contributed by atoms with Crippen molar-refractivity contribution in [2.24, 2.45) is 0 Å². The molecule has 0 aliphatic heterocycles. The molecule has 0 radical (unpaired) electrons. The third kappa shape index (κ3) is 5.00. The Bertz CT molecular complexity index is 745. The van der Waals surface area contributed by atoms with Gasteiger partial charge in [0.2, 0.25) is 0 Å². The lowest BCUT2D eigenvalue weighted by atomic mass is 9.79. The van der Waals surface area contributed by atoms with Crippen LogP contribution in [0.5, 0.6) is 11.5 Å². The lowest BCUT2D eigenvalue weighted by Crippen LogP contribution is -2.57. The van der Waals surface area contributed by atoms with E-state index in [1.54, 1.807) is 13.0 Å². The summed E-state index contributed by atoms with van der Waals surface area (Å²) in [5, 5.41) is 40.0. The van der Waals surface area contributed by atoms with Crippen LogP contribution >= 0.6 is 0 Å². The Labute approximate surface area is 161 Å². The predicted octanol–water partition coefficient (Wildman–Crippen LogP) is 0.136. The normalized spacial score (nSPS) is 27.4. The van der Waals surface area contributed by atoms with E-state index in [0.717, 1.165) is 6.08 Å². The molecule has 1 saturated carbocycles. The first-order valence-corrected chi connectivity index (χ1v) is 8.71. The van der Waals surface area contributed by atoms with Crippen LogP contribution in [-0.2, 0) is 19.1 Å². The number of aromatic hydroxyl groups is 1. The molecule has 154 valence electrons. The molecule has 1 aromatic rings. The van der Waals surface area contributed by atoms with Crippen LogP contribution in [0.3, 0.4) is 0 Å². The molecule has 2 rings (SSSR count). The van der Waals surface area contributed by atoms with Crippen LogP contribution in [0.4, 0.5) is 0 Å². The van der Waals surface area contributed by atoms with Gasteiger partial charge in [-0.05, 0) is 30.7 Å². The zero-order valence-electron chi connectivity index (χ0n) is 15.6. The van der Waals surface area contributed by atoms with Crippen molar-refractivity contribution in [1.29, 1.82) is 0 Å². The standard InChI is InChI=1S/C19H24O9/c1-3-27-18(24)19(25)9-13(21)17(23)15(10-19)28-16(22)7-5-11-4-6-12(20)14(8-11)26-2/h4-8,13,15,17,20-21,23,25H,3,9-10H2,1-2H3/t13-,15-,17+,19+/m1/s1. The molecule has 0 spiro atoms. The number of hydrogen-bond acceptors (Lipinski definition) is 9. The van der Waals surface area contributed by atoms with Gasteiger partial charge in [0.1, 0.15) is 12.2 Å². The molecule has 1 aliphatic rings. The fourth-order valence-electron chi connectivity index (χ4n) is 2.95. The summed E-state index contributed by atoms with van der Waals surface area (Å²) in [7, 11) is 1.39. The van der Waals surface area contributed by atoms with Gasteiger partial charge >= 0.3 is 11.9 Å². The Hall–Kier alpha value is -2.62. The summed E-state index contributed by atoms with van der Waals surface area (Å²) in [6.07, 6.45) is -2.59. The molecule has 28 heavy (non-hydrogen) atoms. The fraction of sp³-hybridized carbons (Fsp3) is 0.474. The monoisotopic (exact) mass is 396 g/mol. The minimum Gasteiger partial charge on any atom is -0.504 e. The third-order valence-corrected chi connectivity index (χ3v) is 4.40. The number of ether oxygens (including phenoxy) is 3. The zero-order valence-corrected chi connectivity index (χ0v) is 15.6. The van der Waals surface area contributed by atoms with E-state index in [0.29, 0.717) is 5.56 Å². The Morgan fingerprint density at radius 1 is 1.29 bits per heavy atom. The summed E-state index contributed by atoms with van der Waals surface area (Å²) in [4.78, 5) is 24.0. The van der Waals surface area contributed by atoms with Crippen molar-refractivity contribution in [3.8, 4) is 11.5 Å². The van der Waals surface area contributed by atoms with E-state index in [1.807, 2.05) is 0 Å². The number of aliphatic hydroxyl groups is 3. The average molecular weight is 396 g/mol. The van der Waals surface area contributed by atoms with Gasteiger partial charge in [0.25, 0.3) is 0 Å². The van der Waals surface area contributed by atoms with E-state index in [1.165, 1.54) is 25.3 Å². The Kier molecular flexibility index (Phi) is 7.00. The molecule has 4 N–H and O–H groups in total. The molecule has 9 nitrogen and oxygen atoms in total.